The number of pyridine rings is 1. The summed E-state index contributed by atoms with van der Waals surface area (Å²) in [6, 6.07) is 3.32. The van der Waals surface area contributed by atoms with Crippen molar-refractivity contribution < 1.29 is 9.90 Å². The number of nitrogens with zero attached hydrogens (tertiary/aromatic N) is 2. The molecule has 0 unspecified atom stereocenters. The molecular weight excluding hydrogens is 228 g/mol. The van der Waals surface area contributed by atoms with Gasteiger partial charge in [0.2, 0.25) is 0 Å². The predicted octanol–water partition coefficient (Wildman–Crippen LogP) is 2.67. The van der Waals surface area contributed by atoms with Crippen molar-refractivity contribution in [3.63, 3.8) is 0 Å². The van der Waals surface area contributed by atoms with Crippen LogP contribution < -0.4 is 4.90 Å². The van der Waals surface area contributed by atoms with Crippen LogP contribution >= 0.6 is 11.6 Å². The van der Waals surface area contributed by atoms with Gasteiger partial charge >= 0.3 is 5.97 Å². The molecule has 5 heteroatoms. The van der Waals surface area contributed by atoms with Crippen molar-refractivity contribution >= 4 is 23.4 Å². The van der Waals surface area contributed by atoms with E-state index in [2.05, 4.69) is 11.9 Å². The third kappa shape index (κ3) is 2.85. The van der Waals surface area contributed by atoms with Crippen molar-refractivity contribution in [1.82, 2.24) is 4.98 Å². The van der Waals surface area contributed by atoms with Crippen LogP contribution in [0.5, 0.6) is 0 Å². The quantitative estimate of drug-likeness (QED) is 0.863. The van der Waals surface area contributed by atoms with Crippen LogP contribution in [0.15, 0.2) is 12.1 Å². The van der Waals surface area contributed by atoms with Gasteiger partial charge in [-0.05, 0) is 25.5 Å². The average molecular weight is 243 g/mol. The summed E-state index contributed by atoms with van der Waals surface area (Å²) in [5.41, 5.74) is -0.0891. The minimum absolute atomic E-state index is 0.0891. The van der Waals surface area contributed by atoms with Crippen LogP contribution in [0, 0.1) is 0 Å². The molecule has 1 heterocycles. The molecule has 0 aromatic carbocycles. The summed E-state index contributed by atoms with van der Waals surface area (Å²) in [4.78, 5) is 16.9. The highest BCUT2D eigenvalue weighted by molar-refractivity contribution is 6.33. The molecule has 0 aliphatic rings. The Bertz CT molecular complexity index is 382. The number of carbonyl (C=O) groups is 1. The Morgan fingerprint density at radius 3 is 2.69 bits per heavy atom. The van der Waals surface area contributed by atoms with Crippen LogP contribution in [0.2, 0.25) is 5.02 Å². The largest absolute Gasteiger partial charge is 0.476 e. The van der Waals surface area contributed by atoms with Crippen molar-refractivity contribution in [1.29, 1.82) is 0 Å². The van der Waals surface area contributed by atoms with Gasteiger partial charge in [-0.3, -0.25) is 0 Å². The Balaban J connectivity index is 3.05. The molecule has 1 N–H and O–H groups in total. The summed E-state index contributed by atoms with van der Waals surface area (Å²) in [5, 5.41) is 9.08. The second-order valence-corrected chi connectivity index (χ2v) is 3.79. The third-order valence-corrected chi connectivity index (χ3v) is 2.54. The van der Waals surface area contributed by atoms with E-state index < -0.39 is 5.97 Å². The number of aromatic carboxylic acids is 1. The van der Waals surface area contributed by atoms with E-state index in [9.17, 15) is 4.79 Å². The van der Waals surface area contributed by atoms with Gasteiger partial charge < -0.3 is 10.0 Å². The van der Waals surface area contributed by atoms with Gasteiger partial charge in [0.1, 0.15) is 5.82 Å². The number of halogens is 1. The number of hydrogen-bond acceptors (Lipinski definition) is 3. The van der Waals surface area contributed by atoms with Crippen molar-refractivity contribution in [3.05, 3.63) is 22.8 Å². The van der Waals surface area contributed by atoms with Crippen LogP contribution in [0.1, 0.15) is 30.8 Å². The van der Waals surface area contributed by atoms with Crippen molar-refractivity contribution in [3.8, 4) is 0 Å². The Labute approximate surface area is 99.9 Å². The van der Waals surface area contributed by atoms with E-state index in [4.69, 9.17) is 16.7 Å². The Morgan fingerprint density at radius 1 is 1.50 bits per heavy atom. The normalized spacial score (nSPS) is 10.2. The van der Waals surface area contributed by atoms with E-state index in [1.165, 1.54) is 0 Å². The van der Waals surface area contributed by atoms with E-state index in [-0.39, 0.29) is 10.7 Å². The molecule has 0 aliphatic heterocycles. The molecule has 0 radical (unpaired) electrons. The second kappa shape index (κ2) is 5.70. The zero-order chi connectivity index (χ0) is 12.1. The van der Waals surface area contributed by atoms with Crippen LogP contribution in [-0.4, -0.2) is 29.1 Å². The molecule has 0 spiro atoms. The molecule has 0 amide bonds. The average Bonchev–Trinajstić information content (AvgIpc) is 2.26. The van der Waals surface area contributed by atoms with Gasteiger partial charge in [-0.15, -0.1) is 0 Å². The highest BCUT2D eigenvalue weighted by Gasteiger charge is 2.13. The van der Waals surface area contributed by atoms with Gasteiger partial charge in [0, 0.05) is 13.1 Å². The molecule has 0 saturated heterocycles. The third-order valence-electron chi connectivity index (χ3n) is 2.23. The van der Waals surface area contributed by atoms with Gasteiger partial charge in [-0.25, -0.2) is 9.78 Å². The summed E-state index contributed by atoms with van der Waals surface area (Å²) in [7, 11) is 0. The van der Waals surface area contributed by atoms with E-state index in [0.717, 1.165) is 19.5 Å². The maximum absolute atomic E-state index is 10.9. The van der Waals surface area contributed by atoms with Crippen LogP contribution in [0.25, 0.3) is 0 Å². The number of hydrogen-bond donors (Lipinski definition) is 1. The lowest BCUT2D eigenvalue weighted by Crippen LogP contribution is -2.25. The summed E-state index contributed by atoms with van der Waals surface area (Å²) in [6.07, 6.45) is 0.987. The zero-order valence-electron chi connectivity index (χ0n) is 9.40. The van der Waals surface area contributed by atoms with Crippen LogP contribution in [-0.2, 0) is 0 Å². The fourth-order valence-corrected chi connectivity index (χ4v) is 1.65. The Kier molecular flexibility index (Phi) is 4.55. The lowest BCUT2D eigenvalue weighted by molar-refractivity contribution is 0.0691. The summed E-state index contributed by atoms with van der Waals surface area (Å²) < 4.78 is 0. The first kappa shape index (κ1) is 12.8. The van der Waals surface area contributed by atoms with Gasteiger partial charge in [0.25, 0.3) is 0 Å². The lowest BCUT2D eigenvalue weighted by atomic mass is 10.3. The molecular formula is C11H15ClN2O2. The lowest BCUT2D eigenvalue weighted by Gasteiger charge is -2.21. The second-order valence-electron chi connectivity index (χ2n) is 3.38. The molecule has 16 heavy (non-hydrogen) atoms. The molecule has 1 aromatic heterocycles. The van der Waals surface area contributed by atoms with Crippen LogP contribution in [0.3, 0.4) is 0 Å². The zero-order valence-corrected chi connectivity index (χ0v) is 10.2. The SMILES string of the molecule is CCCN(CC)c1ccc(Cl)c(C(=O)O)n1. The van der Waals surface area contributed by atoms with Gasteiger partial charge in [0.05, 0.1) is 5.02 Å². The maximum atomic E-state index is 10.9. The number of carboxylic acid groups (broad SMARTS) is 1. The first-order valence-electron chi connectivity index (χ1n) is 5.24. The Morgan fingerprint density at radius 2 is 2.19 bits per heavy atom. The van der Waals surface area contributed by atoms with Gasteiger partial charge in [-0.2, -0.15) is 0 Å². The van der Waals surface area contributed by atoms with E-state index in [1.54, 1.807) is 12.1 Å². The van der Waals surface area contributed by atoms with Crippen molar-refractivity contribution in [2.75, 3.05) is 18.0 Å². The molecule has 0 fully saturated rings. The van der Waals surface area contributed by atoms with E-state index >= 15 is 0 Å². The monoisotopic (exact) mass is 242 g/mol. The molecule has 0 saturated carbocycles. The number of carboxylic acids is 1. The maximum Gasteiger partial charge on any atom is 0.356 e. The van der Waals surface area contributed by atoms with Crippen molar-refractivity contribution in [2.24, 2.45) is 0 Å². The summed E-state index contributed by atoms with van der Waals surface area (Å²) in [6.45, 7) is 5.72. The highest BCUT2D eigenvalue weighted by Crippen LogP contribution is 2.19. The summed E-state index contributed by atoms with van der Waals surface area (Å²) in [5.74, 6) is -0.439. The standard InChI is InChI=1S/C11H15ClN2O2/c1-3-7-14(4-2)9-6-5-8(12)10(13-9)11(15)16/h5-6H,3-4,7H2,1-2H3,(H,15,16). The molecule has 88 valence electrons. The van der Waals surface area contributed by atoms with Gasteiger partial charge in [-0.1, -0.05) is 18.5 Å². The topological polar surface area (TPSA) is 53.4 Å². The predicted molar refractivity (Wildman–Crippen MR) is 64.4 cm³/mol. The molecule has 4 nitrogen and oxygen atoms in total. The van der Waals surface area contributed by atoms with Crippen LogP contribution in [0.4, 0.5) is 5.82 Å². The minimum Gasteiger partial charge on any atom is -0.476 e. The molecule has 0 atom stereocenters. The van der Waals surface area contributed by atoms with E-state index in [1.807, 2.05) is 11.8 Å². The Hall–Kier alpha value is -1.29. The minimum atomic E-state index is -1.10. The first-order valence-corrected chi connectivity index (χ1v) is 5.62. The molecule has 1 rings (SSSR count). The first-order chi connectivity index (χ1) is 7.60. The van der Waals surface area contributed by atoms with Crippen molar-refractivity contribution in [2.45, 2.75) is 20.3 Å². The molecule has 0 aliphatic carbocycles. The molecule has 0 bridgehead atoms. The van der Waals surface area contributed by atoms with E-state index in [0.29, 0.717) is 5.82 Å². The summed E-state index contributed by atoms with van der Waals surface area (Å²) >= 11 is 5.75. The fourth-order valence-electron chi connectivity index (χ4n) is 1.46. The number of rotatable bonds is 5. The smallest absolute Gasteiger partial charge is 0.356 e. The number of aromatic nitrogens is 1. The fraction of sp³-hybridized carbons (Fsp3) is 0.455. The highest BCUT2D eigenvalue weighted by atomic mass is 35.5. The molecule has 1 aromatic rings. The van der Waals surface area contributed by atoms with Gasteiger partial charge in [0.15, 0.2) is 5.69 Å². The number of anilines is 1.